The minimum absolute atomic E-state index is 0.175. The van der Waals surface area contributed by atoms with E-state index >= 15 is 0 Å². The molecule has 0 aliphatic rings. The van der Waals surface area contributed by atoms with Gasteiger partial charge in [-0.25, -0.2) is 0 Å². The monoisotopic (exact) mass is 486 g/mol. The Balaban J connectivity index is 1.82. The number of carbonyl (C=O) groups is 2. The van der Waals surface area contributed by atoms with Gasteiger partial charge in [-0.3, -0.25) is 14.2 Å². The number of hydrogen-bond donors (Lipinski definition) is 4. The van der Waals surface area contributed by atoms with Crippen molar-refractivity contribution in [3.8, 4) is 11.1 Å². The highest BCUT2D eigenvalue weighted by Gasteiger charge is 2.35. The highest BCUT2D eigenvalue weighted by molar-refractivity contribution is 7.58. The van der Waals surface area contributed by atoms with E-state index < -0.39 is 37.0 Å². The Bertz CT molecular complexity index is 1120. The molecule has 1 unspecified atom stereocenters. The Morgan fingerprint density at radius 1 is 1.06 bits per heavy atom. The standard InChI is InChI=1S/C24H27N2O5PS/c1-16(24(28)29)26-23(27)21(14-32(30,31)22(25)19-5-3-2-4-6-19)13-17-7-9-18(10-8-17)20-11-12-33-15-20/h2-12,15-16,21-22H,13-14,25H2,1H3,(H,26,27)(H,28,29)(H,30,31)/t16-,21+,22+/m0/s1. The summed E-state index contributed by atoms with van der Waals surface area (Å²) in [4.78, 5) is 34.9. The molecule has 5 N–H and O–H groups in total. The number of amides is 1. The van der Waals surface area contributed by atoms with Crippen LogP contribution in [0, 0.1) is 5.92 Å². The summed E-state index contributed by atoms with van der Waals surface area (Å²) in [5.41, 5.74) is 9.51. The van der Waals surface area contributed by atoms with E-state index in [0.29, 0.717) is 5.56 Å². The van der Waals surface area contributed by atoms with Crippen LogP contribution in [0.3, 0.4) is 0 Å². The van der Waals surface area contributed by atoms with Gasteiger partial charge in [0.25, 0.3) is 0 Å². The average Bonchev–Trinajstić information content (AvgIpc) is 3.34. The predicted molar refractivity (Wildman–Crippen MR) is 130 cm³/mol. The molecule has 174 valence electrons. The first-order valence-corrected chi connectivity index (χ1v) is 13.3. The lowest BCUT2D eigenvalue weighted by Crippen LogP contribution is -2.43. The van der Waals surface area contributed by atoms with Crippen molar-refractivity contribution in [2.75, 3.05) is 6.16 Å². The summed E-state index contributed by atoms with van der Waals surface area (Å²) in [6, 6.07) is 17.0. The summed E-state index contributed by atoms with van der Waals surface area (Å²) in [5, 5.41) is 15.6. The van der Waals surface area contributed by atoms with E-state index in [0.717, 1.165) is 16.7 Å². The lowest BCUT2D eigenvalue weighted by atomic mass is 9.98. The van der Waals surface area contributed by atoms with Crippen LogP contribution in [0.5, 0.6) is 0 Å². The second kappa shape index (κ2) is 10.9. The second-order valence-electron chi connectivity index (χ2n) is 7.97. The van der Waals surface area contributed by atoms with Crippen LogP contribution in [0.15, 0.2) is 71.4 Å². The average molecular weight is 487 g/mol. The van der Waals surface area contributed by atoms with Crippen molar-refractivity contribution in [1.29, 1.82) is 0 Å². The fraction of sp³-hybridized carbons (Fsp3) is 0.250. The molecule has 33 heavy (non-hydrogen) atoms. The van der Waals surface area contributed by atoms with E-state index in [1.165, 1.54) is 6.92 Å². The van der Waals surface area contributed by atoms with Gasteiger partial charge in [-0.15, -0.1) is 0 Å². The quantitative estimate of drug-likeness (QED) is 0.320. The van der Waals surface area contributed by atoms with E-state index in [-0.39, 0.29) is 12.6 Å². The van der Waals surface area contributed by atoms with Crippen molar-refractivity contribution in [2.24, 2.45) is 11.7 Å². The summed E-state index contributed by atoms with van der Waals surface area (Å²) < 4.78 is 13.2. The molecule has 0 fully saturated rings. The Kier molecular flexibility index (Phi) is 8.21. The number of benzene rings is 2. The smallest absolute Gasteiger partial charge is 0.325 e. The molecule has 1 aromatic heterocycles. The largest absolute Gasteiger partial charge is 0.480 e. The highest BCUT2D eigenvalue weighted by Crippen LogP contribution is 2.54. The number of carboxylic acids is 1. The lowest BCUT2D eigenvalue weighted by Gasteiger charge is -2.25. The van der Waals surface area contributed by atoms with Crippen LogP contribution >= 0.6 is 18.7 Å². The van der Waals surface area contributed by atoms with Crippen LogP contribution in [0.2, 0.25) is 0 Å². The van der Waals surface area contributed by atoms with Crippen molar-refractivity contribution in [3.63, 3.8) is 0 Å². The molecule has 0 saturated heterocycles. The maximum Gasteiger partial charge on any atom is 0.325 e. The Labute approximate surface area is 196 Å². The number of aliphatic carboxylic acids is 1. The molecule has 0 aliphatic heterocycles. The molecule has 9 heteroatoms. The zero-order valence-electron chi connectivity index (χ0n) is 18.1. The number of carbonyl (C=O) groups excluding carboxylic acids is 1. The fourth-order valence-corrected chi connectivity index (χ4v) is 5.95. The maximum absolute atomic E-state index is 13.2. The number of nitrogens with two attached hydrogens (primary N) is 1. The molecular formula is C24H27N2O5PS. The van der Waals surface area contributed by atoms with Crippen molar-refractivity contribution in [3.05, 3.63) is 82.6 Å². The van der Waals surface area contributed by atoms with E-state index in [4.69, 9.17) is 10.8 Å². The van der Waals surface area contributed by atoms with E-state index in [9.17, 15) is 19.0 Å². The fourth-order valence-electron chi connectivity index (χ4n) is 3.49. The van der Waals surface area contributed by atoms with Crippen molar-refractivity contribution >= 4 is 30.6 Å². The molecule has 1 amide bonds. The van der Waals surface area contributed by atoms with Crippen LogP contribution in [0.1, 0.15) is 23.8 Å². The number of nitrogens with one attached hydrogen (secondary N) is 1. The molecule has 7 nitrogen and oxygen atoms in total. The van der Waals surface area contributed by atoms with Gasteiger partial charge in [0.2, 0.25) is 13.3 Å². The first-order chi connectivity index (χ1) is 15.7. The van der Waals surface area contributed by atoms with E-state index in [1.54, 1.807) is 41.7 Å². The van der Waals surface area contributed by atoms with Gasteiger partial charge in [0.15, 0.2) is 0 Å². The van der Waals surface area contributed by atoms with Crippen LogP contribution in [-0.4, -0.2) is 34.1 Å². The number of rotatable bonds is 10. The van der Waals surface area contributed by atoms with E-state index in [1.807, 2.05) is 41.1 Å². The maximum atomic E-state index is 13.2. The number of carboxylic acid groups (broad SMARTS) is 1. The van der Waals surface area contributed by atoms with Crippen LogP contribution in [-0.2, 0) is 20.6 Å². The third-order valence-electron chi connectivity index (χ3n) is 5.45. The Morgan fingerprint density at radius 3 is 2.30 bits per heavy atom. The lowest BCUT2D eigenvalue weighted by molar-refractivity contribution is -0.141. The molecule has 0 bridgehead atoms. The van der Waals surface area contributed by atoms with Gasteiger partial charge in [-0.2, -0.15) is 11.3 Å². The first-order valence-electron chi connectivity index (χ1n) is 10.4. The van der Waals surface area contributed by atoms with E-state index in [2.05, 4.69) is 5.32 Å². The topological polar surface area (TPSA) is 130 Å². The second-order valence-corrected chi connectivity index (χ2v) is 11.2. The van der Waals surface area contributed by atoms with Gasteiger partial charge < -0.3 is 21.1 Å². The van der Waals surface area contributed by atoms with Crippen molar-refractivity contribution < 1.29 is 24.2 Å². The summed E-state index contributed by atoms with van der Waals surface area (Å²) in [5.74, 6) is -3.85. The van der Waals surface area contributed by atoms with Crippen LogP contribution in [0.4, 0.5) is 0 Å². The summed E-state index contributed by atoms with van der Waals surface area (Å²) in [6.45, 7) is 1.35. The van der Waals surface area contributed by atoms with Crippen molar-refractivity contribution in [1.82, 2.24) is 5.32 Å². The third-order valence-corrected chi connectivity index (χ3v) is 8.26. The summed E-state index contributed by atoms with van der Waals surface area (Å²) in [7, 11) is -4.00. The van der Waals surface area contributed by atoms with Crippen molar-refractivity contribution in [2.45, 2.75) is 25.2 Å². The highest BCUT2D eigenvalue weighted by atomic mass is 32.1. The number of thiophene rings is 1. The Hall–Kier alpha value is -2.77. The molecule has 3 rings (SSSR count). The van der Waals surface area contributed by atoms with Gasteiger partial charge in [0, 0.05) is 6.16 Å². The van der Waals surface area contributed by atoms with Gasteiger partial charge in [0.1, 0.15) is 11.8 Å². The van der Waals surface area contributed by atoms with Crippen LogP contribution in [0.25, 0.3) is 11.1 Å². The molecule has 0 radical (unpaired) electrons. The summed E-state index contributed by atoms with van der Waals surface area (Å²) >= 11 is 1.60. The predicted octanol–water partition coefficient (Wildman–Crippen LogP) is 4.09. The molecule has 0 saturated carbocycles. The SMILES string of the molecule is C[C@H](NC(=O)[C@H](Cc1ccc(-c2ccsc2)cc1)CP(=O)(O)[C@@H](N)c1ccccc1)C(=O)O. The summed E-state index contributed by atoms with van der Waals surface area (Å²) in [6.07, 6.45) is -0.193. The van der Waals surface area contributed by atoms with Gasteiger partial charge >= 0.3 is 5.97 Å². The van der Waals surface area contributed by atoms with Gasteiger partial charge in [0.05, 0.1) is 5.92 Å². The third kappa shape index (κ3) is 6.62. The van der Waals surface area contributed by atoms with Gasteiger partial charge in [-0.05, 0) is 52.4 Å². The molecular weight excluding hydrogens is 459 g/mol. The molecule has 1 heterocycles. The minimum Gasteiger partial charge on any atom is -0.480 e. The molecule has 2 aromatic carbocycles. The zero-order chi connectivity index (χ0) is 24.0. The first kappa shape index (κ1) is 24.9. The zero-order valence-corrected chi connectivity index (χ0v) is 19.8. The number of hydrogen-bond acceptors (Lipinski definition) is 5. The Morgan fingerprint density at radius 2 is 1.73 bits per heavy atom. The molecule has 3 aromatic rings. The molecule has 0 aliphatic carbocycles. The van der Waals surface area contributed by atoms with Gasteiger partial charge in [-0.1, -0.05) is 54.6 Å². The normalized spacial score (nSPS) is 15.7. The minimum atomic E-state index is -4.00. The molecule has 0 spiro atoms. The molecule has 4 atom stereocenters. The van der Waals surface area contributed by atoms with Crippen LogP contribution < -0.4 is 11.1 Å².